The van der Waals surface area contributed by atoms with Crippen LogP contribution in [0.5, 0.6) is 0 Å². The fraction of sp³-hybridized carbons (Fsp3) is 0.185. The van der Waals surface area contributed by atoms with E-state index in [0.29, 0.717) is 0 Å². The van der Waals surface area contributed by atoms with Crippen LogP contribution in [0.3, 0.4) is 0 Å². The van der Waals surface area contributed by atoms with Crippen LogP contribution in [0.4, 0.5) is 0 Å². The fourth-order valence-corrected chi connectivity index (χ4v) is 4.06. The van der Waals surface area contributed by atoms with Crippen LogP contribution in [0.1, 0.15) is 27.8 Å². The van der Waals surface area contributed by atoms with Crippen LogP contribution in [-0.2, 0) is 13.0 Å². The van der Waals surface area contributed by atoms with Gasteiger partial charge in [-0.1, -0.05) is 85.5 Å². The van der Waals surface area contributed by atoms with E-state index in [1.54, 1.807) is 6.08 Å². The molecule has 0 atom stereocenters. The van der Waals surface area contributed by atoms with Crippen LogP contribution in [0.15, 0.2) is 104 Å². The molecule has 2 heteroatoms. The van der Waals surface area contributed by atoms with Crippen molar-refractivity contribution in [2.45, 2.75) is 26.8 Å². The second-order valence-corrected chi connectivity index (χ2v) is 8.12. The molecule has 0 unspecified atom stereocenters. The molecule has 4 rings (SSSR count). The zero-order valence-electron chi connectivity index (χ0n) is 17.6. The molecule has 1 aliphatic rings. The van der Waals surface area contributed by atoms with Gasteiger partial charge in [0.25, 0.3) is 0 Å². The van der Waals surface area contributed by atoms with Crippen LogP contribution < -0.4 is 0 Å². The molecule has 0 saturated carbocycles. The zero-order valence-corrected chi connectivity index (χ0v) is 18.4. The van der Waals surface area contributed by atoms with Gasteiger partial charge in [-0.2, -0.15) is 0 Å². The van der Waals surface area contributed by atoms with Gasteiger partial charge in [0.05, 0.1) is 6.54 Å². The summed E-state index contributed by atoms with van der Waals surface area (Å²) in [5, 5.41) is 0. The number of hydrogen-bond acceptors (Lipinski definition) is 2. The Morgan fingerprint density at radius 3 is 2.14 bits per heavy atom. The summed E-state index contributed by atoms with van der Waals surface area (Å²) in [5.74, 6) is 0. The second kappa shape index (κ2) is 12.6. The molecule has 2 heterocycles. The average Bonchev–Trinajstić information content (AvgIpc) is 3.14. The monoisotopic (exact) mass is 401 g/mol. The van der Waals surface area contributed by atoms with Crippen molar-refractivity contribution in [2.75, 3.05) is 6.54 Å². The predicted molar refractivity (Wildman–Crippen MR) is 130 cm³/mol. The highest BCUT2D eigenvalue weighted by Gasteiger charge is 2.18. The maximum atomic E-state index is 4.22. The van der Waals surface area contributed by atoms with Crippen molar-refractivity contribution < 1.29 is 0 Å². The van der Waals surface area contributed by atoms with E-state index in [4.69, 9.17) is 0 Å². The Morgan fingerprint density at radius 1 is 1.00 bits per heavy atom. The van der Waals surface area contributed by atoms with Crippen LogP contribution in [-0.4, -0.2) is 11.4 Å². The lowest BCUT2D eigenvalue weighted by Crippen LogP contribution is -2.27. The Bertz CT molecular complexity index is 864. The first-order chi connectivity index (χ1) is 14.1. The molecule has 0 aliphatic carbocycles. The lowest BCUT2D eigenvalue weighted by molar-refractivity contribution is 0.338. The molecule has 0 spiro atoms. The van der Waals surface area contributed by atoms with Crippen LogP contribution >= 0.6 is 11.3 Å². The van der Waals surface area contributed by atoms with Gasteiger partial charge in [-0.15, -0.1) is 17.9 Å². The van der Waals surface area contributed by atoms with E-state index in [0.717, 1.165) is 25.2 Å². The molecule has 2 aromatic carbocycles. The van der Waals surface area contributed by atoms with Crippen LogP contribution in [0, 0.1) is 6.92 Å². The van der Waals surface area contributed by atoms with E-state index in [-0.39, 0.29) is 0 Å². The molecule has 1 aromatic heterocycles. The van der Waals surface area contributed by atoms with Gasteiger partial charge >= 0.3 is 0 Å². The number of hydrogen-bond donors (Lipinski definition) is 0. The Balaban J connectivity index is 0.000000278. The summed E-state index contributed by atoms with van der Waals surface area (Å²) in [6.07, 6.45) is 7.15. The van der Waals surface area contributed by atoms with E-state index in [2.05, 4.69) is 67.5 Å². The smallest absolute Gasteiger partial charge is 0.0525 e. The van der Waals surface area contributed by atoms with Gasteiger partial charge in [-0.3, -0.25) is 0 Å². The molecule has 29 heavy (non-hydrogen) atoms. The van der Waals surface area contributed by atoms with E-state index >= 15 is 0 Å². The predicted octanol–water partition coefficient (Wildman–Crippen LogP) is 7.52. The summed E-state index contributed by atoms with van der Waals surface area (Å²) >= 11 is 1.92. The third-order valence-electron chi connectivity index (χ3n) is 4.35. The summed E-state index contributed by atoms with van der Waals surface area (Å²) in [6, 6.07) is 24.7. The molecule has 0 fully saturated rings. The Labute approximate surface area is 180 Å². The van der Waals surface area contributed by atoms with Crippen LogP contribution in [0.2, 0.25) is 0 Å². The number of fused-ring (bicyclic) bond motifs is 1. The molecule has 0 radical (unpaired) electrons. The van der Waals surface area contributed by atoms with Crippen molar-refractivity contribution in [3.63, 3.8) is 0 Å². The standard InChI is InChI=1S/C18H19NS.C6H6.C3H6/c1-14(8-9-16-6-4-3-5-7-16)19-11-10-17-12-15(2)20-18(17)13-19;1-2-4-6-5-3-1;1-3-2/h3-9,12H,1,10-11,13H2,2H3;1-6H;3H,1H2,2H3/b9-8+;;. The topological polar surface area (TPSA) is 3.24 Å². The van der Waals surface area contributed by atoms with Crippen molar-refractivity contribution in [3.8, 4) is 0 Å². The van der Waals surface area contributed by atoms with Gasteiger partial charge < -0.3 is 4.90 Å². The molecule has 3 aromatic rings. The molecule has 0 bridgehead atoms. The molecule has 150 valence electrons. The molecule has 0 N–H and O–H groups in total. The highest BCUT2D eigenvalue weighted by Crippen LogP contribution is 2.29. The minimum absolute atomic E-state index is 1.01. The SMILES string of the molecule is C=C(/C=C/c1ccccc1)N1CCc2cc(C)sc2C1.C=CC.c1ccccc1. The highest BCUT2D eigenvalue weighted by atomic mass is 32.1. The van der Waals surface area contributed by atoms with Crippen molar-refractivity contribution in [2.24, 2.45) is 0 Å². The number of nitrogens with zero attached hydrogens (tertiary/aromatic N) is 1. The summed E-state index contributed by atoms with van der Waals surface area (Å²) in [6.45, 7) is 13.7. The largest absolute Gasteiger partial charge is 0.367 e. The Hall–Kier alpha value is -2.84. The summed E-state index contributed by atoms with van der Waals surface area (Å²) < 4.78 is 0. The number of benzene rings is 2. The van der Waals surface area contributed by atoms with Crippen molar-refractivity contribution in [3.05, 3.63) is 125 Å². The first kappa shape index (κ1) is 22.4. The van der Waals surface area contributed by atoms with Crippen molar-refractivity contribution >= 4 is 17.4 Å². The summed E-state index contributed by atoms with van der Waals surface area (Å²) in [4.78, 5) is 5.29. The van der Waals surface area contributed by atoms with E-state index in [9.17, 15) is 0 Å². The van der Waals surface area contributed by atoms with E-state index in [1.165, 1.54) is 20.9 Å². The molecular formula is C27H31NS. The quantitative estimate of drug-likeness (QED) is 0.324. The molecule has 0 saturated heterocycles. The summed E-state index contributed by atoms with van der Waals surface area (Å²) in [5.41, 5.74) is 3.85. The van der Waals surface area contributed by atoms with E-state index in [1.807, 2.05) is 60.7 Å². The number of rotatable bonds is 3. The highest BCUT2D eigenvalue weighted by molar-refractivity contribution is 7.12. The van der Waals surface area contributed by atoms with E-state index < -0.39 is 0 Å². The Morgan fingerprint density at radius 2 is 1.55 bits per heavy atom. The van der Waals surface area contributed by atoms with Gasteiger partial charge in [0, 0.05) is 22.0 Å². The van der Waals surface area contributed by atoms with Crippen molar-refractivity contribution in [1.82, 2.24) is 4.90 Å². The fourth-order valence-electron chi connectivity index (χ4n) is 2.96. The van der Waals surface area contributed by atoms with Gasteiger partial charge in [-0.25, -0.2) is 0 Å². The third-order valence-corrected chi connectivity index (χ3v) is 5.42. The summed E-state index contributed by atoms with van der Waals surface area (Å²) in [7, 11) is 0. The number of allylic oxidation sites excluding steroid dienone is 2. The molecule has 1 aliphatic heterocycles. The minimum Gasteiger partial charge on any atom is -0.367 e. The maximum absolute atomic E-state index is 4.22. The molecule has 1 nitrogen and oxygen atoms in total. The third kappa shape index (κ3) is 7.97. The first-order valence-corrected chi connectivity index (χ1v) is 10.8. The molecule has 0 amide bonds. The van der Waals surface area contributed by atoms with Gasteiger partial charge in [0.1, 0.15) is 0 Å². The molecular weight excluding hydrogens is 370 g/mol. The average molecular weight is 402 g/mol. The maximum Gasteiger partial charge on any atom is 0.0525 e. The number of thiophene rings is 1. The zero-order chi connectivity index (χ0) is 20.9. The van der Waals surface area contributed by atoms with Gasteiger partial charge in [-0.05, 0) is 43.5 Å². The van der Waals surface area contributed by atoms with Gasteiger partial charge in [0.15, 0.2) is 0 Å². The minimum atomic E-state index is 1.01. The Kier molecular flexibility index (Phi) is 9.74. The van der Waals surface area contributed by atoms with Gasteiger partial charge in [0.2, 0.25) is 0 Å². The first-order valence-electron chi connectivity index (χ1n) is 9.96. The lowest BCUT2D eigenvalue weighted by Gasteiger charge is -2.29. The lowest BCUT2D eigenvalue weighted by atomic mass is 10.1. The van der Waals surface area contributed by atoms with Crippen molar-refractivity contribution in [1.29, 1.82) is 0 Å². The normalized spacial score (nSPS) is 12.1. The number of aryl methyl sites for hydroxylation is 1. The van der Waals surface area contributed by atoms with Crippen LogP contribution in [0.25, 0.3) is 6.08 Å². The second-order valence-electron chi connectivity index (χ2n) is 6.78.